The van der Waals surface area contributed by atoms with Crippen molar-refractivity contribution in [1.29, 1.82) is 0 Å². The van der Waals surface area contributed by atoms with Crippen molar-refractivity contribution in [2.24, 2.45) is 0 Å². The van der Waals surface area contributed by atoms with Gasteiger partial charge in [0.25, 0.3) is 0 Å². The third-order valence-electron chi connectivity index (χ3n) is 3.47. The Bertz CT molecular complexity index is 283. The van der Waals surface area contributed by atoms with Crippen LogP contribution in [0.2, 0.25) is 0 Å². The van der Waals surface area contributed by atoms with Gasteiger partial charge in [0.2, 0.25) is 5.91 Å². The molecular formula is C12H22N2O3. The Labute approximate surface area is 102 Å². The first-order chi connectivity index (χ1) is 7.91. The minimum absolute atomic E-state index is 0.192. The van der Waals surface area contributed by atoms with Crippen LogP contribution in [-0.2, 0) is 9.59 Å². The lowest BCUT2D eigenvalue weighted by Crippen LogP contribution is -2.47. The first-order valence-electron chi connectivity index (χ1n) is 6.13. The molecule has 0 saturated carbocycles. The monoisotopic (exact) mass is 242 g/mol. The number of carboxylic acids is 1. The quantitative estimate of drug-likeness (QED) is 0.740. The van der Waals surface area contributed by atoms with Crippen molar-refractivity contribution in [3.8, 4) is 0 Å². The number of nitrogens with zero attached hydrogens (tertiary/aromatic N) is 2. The van der Waals surface area contributed by atoms with E-state index in [1.165, 1.54) is 0 Å². The van der Waals surface area contributed by atoms with E-state index in [2.05, 4.69) is 18.7 Å². The summed E-state index contributed by atoms with van der Waals surface area (Å²) < 4.78 is 0. The molecule has 0 atom stereocenters. The number of likely N-dealkylation sites (tertiary alicyclic amines) is 1. The lowest BCUT2D eigenvalue weighted by Gasteiger charge is -2.38. The van der Waals surface area contributed by atoms with Crippen molar-refractivity contribution in [2.75, 3.05) is 20.1 Å². The number of amides is 1. The average Bonchev–Trinajstić information content (AvgIpc) is 2.27. The smallest absolute Gasteiger partial charge is 0.312 e. The van der Waals surface area contributed by atoms with Gasteiger partial charge in [0.05, 0.1) is 0 Å². The van der Waals surface area contributed by atoms with E-state index in [1.807, 2.05) is 0 Å². The zero-order valence-corrected chi connectivity index (χ0v) is 10.8. The second kappa shape index (κ2) is 6.00. The minimum atomic E-state index is -1.05. The molecule has 17 heavy (non-hydrogen) atoms. The van der Waals surface area contributed by atoms with Crippen molar-refractivity contribution in [3.63, 3.8) is 0 Å². The summed E-state index contributed by atoms with van der Waals surface area (Å²) in [4.78, 5) is 26.1. The molecule has 1 rings (SSSR count). The van der Waals surface area contributed by atoms with Crippen LogP contribution >= 0.6 is 0 Å². The molecule has 1 N–H and O–H groups in total. The number of carboxylic acid groups (broad SMARTS) is 1. The molecule has 98 valence electrons. The molecule has 0 spiro atoms. The van der Waals surface area contributed by atoms with Gasteiger partial charge in [-0.05, 0) is 26.7 Å². The Morgan fingerprint density at radius 2 is 1.88 bits per heavy atom. The molecule has 1 heterocycles. The Morgan fingerprint density at radius 3 is 2.29 bits per heavy atom. The summed E-state index contributed by atoms with van der Waals surface area (Å²) in [5, 5.41) is 8.59. The summed E-state index contributed by atoms with van der Waals surface area (Å²) in [6.45, 7) is 6.29. The SMILES string of the molecule is CC(C)N1CCC(N(C)C(=O)CC(=O)O)CC1. The van der Waals surface area contributed by atoms with Gasteiger partial charge in [-0.15, -0.1) is 0 Å². The van der Waals surface area contributed by atoms with Gasteiger partial charge in [-0.3, -0.25) is 9.59 Å². The van der Waals surface area contributed by atoms with E-state index < -0.39 is 12.4 Å². The standard InChI is InChI=1S/C12H22N2O3/c1-9(2)14-6-4-10(5-7-14)13(3)11(15)8-12(16)17/h9-10H,4-8H2,1-3H3,(H,16,17). The maximum absolute atomic E-state index is 11.6. The number of carbonyl (C=O) groups excluding carboxylic acids is 1. The van der Waals surface area contributed by atoms with E-state index in [0.717, 1.165) is 25.9 Å². The van der Waals surface area contributed by atoms with Gasteiger partial charge < -0.3 is 14.9 Å². The first kappa shape index (κ1) is 14.0. The molecule has 1 aliphatic rings. The van der Waals surface area contributed by atoms with Crippen LogP contribution in [0.1, 0.15) is 33.1 Å². The lowest BCUT2D eigenvalue weighted by molar-refractivity contribution is -0.144. The van der Waals surface area contributed by atoms with Crippen LogP contribution in [0.15, 0.2) is 0 Å². The van der Waals surface area contributed by atoms with Crippen molar-refractivity contribution >= 4 is 11.9 Å². The van der Waals surface area contributed by atoms with Gasteiger partial charge in [-0.2, -0.15) is 0 Å². The fraction of sp³-hybridized carbons (Fsp3) is 0.833. The van der Waals surface area contributed by atoms with Crippen LogP contribution in [0, 0.1) is 0 Å². The fourth-order valence-corrected chi connectivity index (χ4v) is 2.25. The maximum atomic E-state index is 11.6. The molecule has 0 radical (unpaired) electrons. The molecule has 5 nitrogen and oxygen atoms in total. The van der Waals surface area contributed by atoms with Crippen molar-refractivity contribution in [3.05, 3.63) is 0 Å². The highest BCUT2D eigenvalue weighted by molar-refractivity contribution is 5.93. The first-order valence-corrected chi connectivity index (χ1v) is 6.13. The number of carbonyl (C=O) groups is 2. The number of rotatable bonds is 4. The predicted molar refractivity (Wildman–Crippen MR) is 64.8 cm³/mol. The van der Waals surface area contributed by atoms with Crippen LogP contribution in [0.4, 0.5) is 0 Å². The highest BCUT2D eigenvalue weighted by atomic mass is 16.4. The Morgan fingerprint density at radius 1 is 1.35 bits per heavy atom. The number of piperidine rings is 1. The average molecular weight is 242 g/mol. The second-order valence-corrected chi connectivity index (χ2v) is 4.94. The summed E-state index contributed by atoms with van der Waals surface area (Å²) in [6.07, 6.45) is 1.46. The minimum Gasteiger partial charge on any atom is -0.481 e. The number of aliphatic carboxylic acids is 1. The topological polar surface area (TPSA) is 60.9 Å². The molecule has 1 saturated heterocycles. The van der Waals surface area contributed by atoms with Crippen LogP contribution < -0.4 is 0 Å². The predicted octanol–water partition coefficient (Wildman–Crippen LogP) is 0.792. The van der Waals surface area contributed by atoms with Crippen LogP contribution in [0.5, 0.6) is 0 Å². The zero-order valence-electron chi connectivity index (χ0n) is 10.8. The van der Waals surface area contributed by atoms with Gasteiger partial charge >= 0.3 is 5.97 Å². The van der Waals surface area contributed by atoms with Crippen LogP contribution in [0.25, 0.3) is 0 Å². The van der Waals surface area contributed by atoms with Crippen LogP contribution in [-0.4, -0.2) is 59.0 Å². The summed E-state index contributed by atoms with van der Waals surface area (Å²) in [6, 6.07) is 0.729. The molecule has 0 aromatic carbocycles. The molecule has 0 aliphatic carbocycles. The van der Waals surface area contributed by atoms with Gasteiger partial charge in [-0.1, -0.05) is 0 Å². The van der Waals surface area contributed by atoms with Crippen LogP contribution in [0.3, 0.4) is 0 Å². The van der Waals surface area contributed by atoms with E-state index in [0.29, 0.717) is 6.04 Å². The van der Waals surface area contributed by atoms with E-state index >= 15 is 0 Å². The third-order valence-corrected chi connectivity index (χ3v) is 3.47. The zero-order chi connectivity index (χ0) is 13.0. The molecule has 1 amide bonds. The molecular weight excluding hydrogens is 220 g/mol. The number of hydrogen-bond acceptors (Lipinski definition) is 3. The van der Waals surface area contributed by atoms with Gasteiger partial charge in [0, 0.05) is 32.2 Å². The summed E-state index contributed by atoms with van der Waals surface area (Å²) in [5.41, 5.74) is 0. The maximum Gasteiger partial charge on any atom is 0.312 e. The lowest BCUT2D eigenvalue weighted by atomic mass is 10.0. The van der Waals surface area contributed by atoms with Crippen molar-refractivity contribution in [1.82, 2.24) is 9.80 Å². The Hall–Kier alpha value is -1.10. The van der Waals surface area contributed by atoms with Gasteiger partial charge in [-0.25, -0.2) is 0 Å². The van der Waals surface area contributed by atoms with Gasteiger partial charge in [0.1, 0.15) is 6.42 Å². The highest BCUT2D eigenvalue weighted by Gasteiger charge is 2.26. The fourth-order valence-electron chi connectivity index (χ4n) is 2.25. The summed E-state index contributed by atoms with van der Waals surface area (Å²) in [5.74, 6) is -1.35. The molecule has 0 unspecified atom stereocenters. The van der Waals surface area contributed by atoms with Gasteiger partial charge in [0.15, 0.2) is 0 Å². The molecule has 1 aliphatic heterocycles. The molecule has 1 fully saturated rings. The Kier molecular flexibility index (Phi) is 4.93. The van der Waals surface area contributed by atoms with E-state index in [4.69, 9.17) is 5.11 Å². The largest absolute Gasteiger partial charge is 0.481 e. The van der Waals surface area contributed by atoms with E-state index in [1.54, 1.807) is 11.9 Å². The molecule has 0 bridgehead atoms. The normalized spacial score (nSPS) is 18.4. The third kappa shape index (κ3) is 4.00. The van der Waals surface area contributed by atoms with Crippen molar-refractivity contribution < 1.29 is 14.7 Å². The van der Waals surface area contributed by atoms with Crippen molar-refractivity contribution in [2.45, 2.75) is 45.2 Å². The van der Waals surface area contributed by atoms with E-state index in [9.17, 15) is 9.59 Å². The second-order valence-electron chi connectivity index (χ2n) is 4.94. The summed E-state index contributed by atoms with van der Waals surface area (Å²) >= 11 is 0. The Balaban J connectivity index is 2.42. The number of hydrogen-bond donors (Lipinski definition) is 1. The molecule has 0 aromatic rings. The highest BCUT2D eigenvalue weighted by Crippen LogP contribution is 2.17. The molecule has 5 heteroatoms. The molecule has 0 aromatic heterocycles. The van der Waals surface area contributed by atoms with E-state index in [-0.39, 0.29) is 11.9 Å². The summed E-state index contributed by atoms with van der Waals surface area (Å²) in [7, 11) is 1.71.